The lowest BCUT2D eigenvalue weighted by Crippen LogP contribution is -2.39. The first-order valence-electron chi connectivity index (χ1n) is 8.67. The molecule has 1 aromatic carbocycles. The molecule has 27 heavy (non-hydrogen) atoms. The summed E-state index contributed by atoms with van der Waals surface area (Å²) in [4.78, 5) is 25.4. The number of amides is 1. The van der Waals surface area contributed by atoms with Gasteiger partial charge >= 0.3 is 5.97 Å². The number of nitrogens with zero attached hydrogens (tertiary/aromatic N) is 6. The maximum atomic E-state index is 12.7. The number of likely N-dealkylation sites (tertiary alicyclic amines) is 1. The van der Waals surface area contributed by atoms with E-state index in [9.17, 15) is 9.59 Å². The fraction of sp³-hybridized carbons (Fsp3) is 0.278. The van der Waals surface area contributed by atoms with Crippen molar-refractivity contribution in [3.05, 3.63) is 60.2 Å². The highest BCUT2D eigenvalue weighted by Gasteiger charge is 2.27. The molecule has 0 spiro atoms. The van der Waals surface area contributed by atoms with Crippen LogP contribution in [0.2, 0.25) is 0 Å². The Balaban J connectivity index is 1.40. The van der Waals surface area contributed by atoms with Gasteiger partial charge in [0, 0.05) is 19.3 Å². The molecular formula is C18H18N6O3. The predicted octanol–water partition coefficient (Wildman–Crippen LogP) is 1.64. The van der Waals surface area contributed by atoms with E-state index in [1.54, 1.807) is 26.5 Å². The normalized spacial score (nSPS) is 15.0. The van der Waals surface area contributed by atoms with Gasteiger partial charge in [-0.25, -0.2) is 14.2 Å². The second kappa shape index (κ2) is 7.02. The standard InChI is InChI=1S/C18H18N6O3/c25-17(15-8-11-23(20-15)13-4-2-1-3-5-13)22-9-6-14(7-10-22)24-12-16(18(26)27)19-21-24/h1-5,8,11-12,14H,6-7,9-10H2,(H,26,27). The van der Waals surface area contributed by atoms with E-state index < -0.39 is 5.97 Å². The van der Waals surface area contributed by atoms with E-state index in [1.807, 2.05) is 30.3 Å². The largest absolute Gasteiger partial charge is 0.476 e. The molecule has 3 aromatic rings. The maximum Gasteiger partial charge on any atom is 0.358 e. The third kappa shape index (κ3) is 3.43. The summed E-state index contributed by atoms with van der Waals surface area (Å²) >= 11 is 0. The van der Waals surface area contributed by atoms with Crippen LogP contribution in [0.3, 0.4) is 0 Å². The Morgan fingerprint density at radius 1 is 1.04 bits per heavy atom. The molecule has 0 radical (unpaired) electrons. The van der Waals surface area contributed by atoms with Crippen molar-refractivity contribution < 1.29 is 14.7 Å². The van der Waals surface area contributed by atoms with Crippen molar-refractivity contribution in [2.24, 2.45) is 0 Å². The number of aromatic nitrogens is 5. The van der Waals surface area contributed by atoms with Gasteiger partial charge in [0.15, 0.2) is 11.4 Å². The Bertz CT molecular complexity index is 956. The van der Waals surface area contributed by atoms with Gasteiger partial charge in [-0.1, -0.05) is 23.4 Å². The summed E-state index contributed by atoms with van der Waals surface area (Å²) < 4.78 is 3.26. The molecule has 0 saturated carbocycles. The van der Waals surface area contributed by atoms with Crippen LogP contribution in [0.15, 0.2) is 48.8 Å². The molecule has 138 valence electrons. The summed E-state index contributed by atoms with van der Waals surface area (Å²) in [6.07, 6.45) is 4.59. The number of carbonyl (C=O) groups is 2. The van der Waals surface area contributed by atoms with Crippen molar-refractivity contribution in [2.45, 2.75) is 18.9 Å². The molecule has 1 aliphatic rings. The lowest BCUT2D eigenvalue weighted by atomic mass is 10.0. The lowest BCUT2D eigenvalue weighted by molar-refractivity contribution is 0.0679. The zero-order valence-corrected chi connectivity index (χ0v) is 14.5. The fourth-order valence-electron chi connectivity index (χ4n) is 3.21. The third-order valence-corrected chi connectivity index (χ3v) is 4.68. The van der Waals surface area contributed by atoms with Gasteiger partial charge in [-0.05, 0) is 31.0 Å². The van der Waals surface area contributed by atoms with Crippen molar-refractivity contribution >= 4 is 11.9 Å². The van der Waals surface area contributed by atoms with Crippen LogP contribution >= 0.6 is 0 Å². The predicted molar refractivity (Wildman–Crippen MR) is 94.7 cm³/mol. The summed E-state index contributed by atoms with van der Waals surface area (Å²) in [5.74, 6) is -1.20. The minimum atomic E-state index is -1.09. The molecule has 0 bridgehead atoms. The highest BCUT2D eigenvalue weighted by atomic mass is 16.4. The second-order valence-electron chi connectivity index (χ2n) is 6.39. The molecule has 1 saturated heterocycles. The van der Waals surface area contributed by atoms with E-state index in [0.29, 0.717) is 31.6 Å². The first-order chi connectivity index (χ1) is 13.1. The van der Waals surface area contributed by atoms with Crippen LogP contribution < -0.4 is 0 Å². The molecule has 3 heterocycles. The van der Waals surface area contributed by atoms with E-state index in [-0.39, 0.29) is 17.6 Å². The van der Waals surface area contributed by atoms with Gasteiger partial charge < -0.3 is 10.0 Å². The molecule has 1 aliphatic heterocycles. The topological polar surface area (TPSA) is 106 Å². The molecule has 0 aliphatic carbocycles. The number of carboxylic acid groups (broad SMARTS) is 1. The fourth-order valence-corrected chi connectivity index (χ4v) is 3.21. The van der Waals surface area contributed by atoms with Crippen LogP contribution in [-0.4, -0.2) is 59.7 Å². The molecule has 4 rings (SSSR count). The van der Waals surface area contributed by atoms with E-state index >= 15 is 0 Å². The van der Waals surface area contributed by atoms with Crippen LogP contribution in [0.1, 0.15) is 39.9 Å². The van der Waals surface area contributed by atoms with E-state index in [0.717, 1.165) is 5.69 Å². The van der Waals surface area contributed by atoms with Crippen LogP contribution in [0, 0.1) is 0 Å². The van der Waals surface area contributed by atoms with Gasteiger partial charge in [0.05, 0.1) is 17.9 Å². The Morgan fingerprint density at radius 2 is 1.78 bits per heavy atom. The zero-order chi connectivity index (χ0) is 18.8. The SMILES string of the molecule is O=C(O)c1cn(C2CCN(C(=O)c3ccn(-c4ccccc4)n3)CC2)nn1. The molecule has 0 atom stereocenters. The molecule has 0 unspecified atom stereocenters. The first-order valence-corrected chi connectivity index (χ1v) is 8.67. The van der Waals surface area contributed by atoms with Crippen molar-refractivity contribution in [3.8, 4) is 5.69 Å². The minimum absolute atomic E-state index is 0.0385. The molecular weight excluding hydrogens is 348 g/mol. The third-order valence-electron chi connectivity index (χ3n) is 4.68. The zero-order valence-electron chi connectivity index (χ0n) is 14.5. The number of carbonyl (C=O) groups excluding carboxylic acids is 1. The molecule has 1 amide bonds. The minimum Gasteiger partial charge on any atom is -0.476 e. The number of para-hydroxylation sites is 1. The molecule has 9 heteroatoms. The highest BCUT2D eigenvalue weighted by Crippen LogP contribution is 2.23. The monoisotopic (exact) mass is 366 g/mol. The second-order valence-corrected chi connectivity index (χ2v) is 6.39. The number of hydrogen-bond acceptors (Lipinski definition) is 5. The lowest BCUT2D eigenvalue weighted by Gasteiger charge is -2.31. The van der Waals surface area contributed by atoms with E-state index in [1.165, 1.54) is 6.20 Å². The van der Waals surface area contributed by atoms with Crippen LogP contribution in [-0.2, 0) is 0 Å². The van der Waals surface area contributed by atoms with E-state index in [4.69, 9.17) is 5.11 Å². The summed E-state index contributed by atoms with van der Waals surface area (Å²) in [6, 6.07) is 11.4. The Morgan fingerprint density at radius 3 is 2.44 bits per heavy atom. The molecule has 9 nitrogen and oxygen atoms in total. The van der Waals surface area contributed by atoms with Gasteiger partial charge in [-0.15, -0.1) is 5.10 Å². The molecule has 1 N–H and O–H groups in total. The van der Waals surface area contributed by atoms with Crippen molar-refractivity contribution in [2.75, 3.05) is 13.1 Å². The Hall–Kier alpha value is -3.49. The van der Waals surface area contributed by atoms with Crippen LogP contribution in [0.5, 0.6) is 0 Å². The number of rotatable bonds is 4. The smallest absolute Gasteiger partial charge is 0.358 e. The van der Waals surface area contributed by atoms with Gasteiger partial charge in [-0.3, -0.25) is 4.79 Å². The van der Waals surface area contributed by atoms with Crippen LogP contribution in [0.25, 0.3) is 5.69 Å². The molecule has 2 aromatic heterocycles. The average Bonchev–Trinajstić information content (AvgIpc) is 3.38. The van der Waals surface area contributed by atoms with Gasteiger partial charge in [0.1, 0.15) is 0 Å². The van der Waals surface area contributed by atoms with Crippen LogP contribution in [0.4, 0.5) is 0 Å². The quantitative estimate of drug-likeness (QED) is 0.752. The van der Waals surface area contributed by atoms with Crippen molar-refractivity contribution in [1.82, 2.24) is 29.7 Å². The molecule has 1 fully saturated rings. The first kappa shape index (κ1) is 17.0. The number of carboxylic acids is 1. The van der Waals surface area contributed by atoms with Crippen molar-refractivity contribution in [3.63, 3.8) is 0 Å². The van der Waals surface area contributed by atoms with Gasteiger partial charge in [0.25, 0.3) is 5.91 Å². The van der Waals surface area contributed by atoms with Gasteiger partial charge in [-0.2, -0.15) is 5.10 Å². The van der Waals surface area contributed by atoms with Crippen molar-refractivity contribution in [1.29, 1.82) is 0 Å². The highest BCUT2D eigenvalue weighted by molar-refractivity contribution is 5.92. The van der Waals surface area contributed by atoms with Gasteiger partial charge in [0.2, 0.25) is 0 Å². The summed E-state index contributed by atoms with van der Waals surface area (Å²) in [7, 11) is 0. The Kier molecular flexibility index (Phi) is 4.41. The number of piperidine rings is 1. The summed E-state index contributed by atoms with van der Waals surface area (Å²) in [5.41, 5.74) is 1.24. The number of benzene rings is 1. The number of hydrogen-bond donors (Lipinski definition) is 1. The summed E-state index contributed by atoms with van der Waals surface area (Å²) in [6.45, 7) is 1.12. The summed E-state index contributed by atoms with van der Waals surface area (Å²) in [5, 5.41) is 20.9. The van der Waals surface area contributed by atoms with E-state index in [2.05, 4.69) is 15.4 Å². The Labute approximate surface area is 154 Å². The number of aromatic carboxylic acids is 1. The average molecular weight is 366 g/mol. The maximum absolute atomic E-state index is 12.7.